The summed E-state index contributed by atoms with van der Waals surface area (Å²) in [6.07, 6.45) is 4.04. The highest BCUT2D eigenvalue weighted by atomic mass is 32.2. The maximum absolute atomic E-state index is 11.0. The summed E-state index contributed by atoms with van der Waals surface area (Å²) in [6.45, 7) is 5.47. The van der Waals surface area contributed by atoms with Crippen LogP contribution in [-0.2, 0) is 14.3 Å². The van der Waals surface area contributed by atoms with Crippen molar-refractivity contribution < 1.29 is 27.7 Å². The summed E-state index contributed by atoms with van der Waals surface area (Å²) < 4.78 is 26.6. The standard InChI is InChI=1S/C8H16O3S.BH3O3/c1-3-5-6-8-12(9,10)11-7-4-2;2-1(3)4/h4H,2-3,5-8H2,1H3;2-4H. The van der Waals surface area contributed by atoms with Gasteiger partial charge in [-0.1, -0.05) is 25.8 Å². The lowest BCUT2D eigenvalue weighted by Gasteiger charge is -2.01. The van der Waals surface area contributed by atoms with Crippen molar-refractivity contribution in [3.05, 3.63) is 12.7 Å². The van der Waals surface area contributed by atoms with E-state index in [0.717, 1.165) is 12.8 Å². The van der Waals surface area contributed by atoms with Gasteiger partial charge < -0.3 is 15.1 Å². The van der Waals surface area contributed by atoms with E-state index in [4.69, 9.17) is 15.1 Å². The monoisotopic (exact) mass is 254 g/mol. The third-order valence-electron chi connectivity index (χ3n) is 1.36. The molecule has 0 aromatic rings. The van der Waals surface area contributed by atoms with E-state index in [1.54, 1.807) is 0 Å². The Morgan fingerprint density at radius 2 is 1.81 bits per heavy atom. The van der Waals surface area contributed by atoms with Crippen molar-refractivity contribution >= 4 is 17.4 Å². The van der Waals surface area contributed by atoms with Crippen LogP contribution in [0.5, 0.6) is 0 Å². The minimum absolute atomic E-state index is 0.0778. The van der Waals surface area contributed by atoms with Crippen molar-refractivity contribution in [1.29, 1.82) is 0 Å². The van der Waals surface area contributed by atoms with E-state index < -0.39 is 17.4 Å². The zero-order valence-corrected chi connectivity index (χ0v) is 10.2. The average molecular weight is 254 g/mol. The Morgan fingerprint density at radius 3 is 2.19 bits per heavy atom. The fourth-order valence-electron chi connectivity index (χ4n) is 0.740. The van der Waals surface area contributed by atoms with Crippen LogP contribution in [0, 0.1) is 0 Å². The second-order valence-corrected chi connectivity index (χ2v) is 4.65. The van der Waals surface area contributed by atoms with Gasteiger partial charge in [-0.25, -0.2) is 0 Å². The summed E-state index contributed by atoms with van der Waals surface area (Å²) in [7, 11) is -5.45. The van der Waals surface area contributed by atoms with Gasteiger partial charge in [-0.3, -0.25) is 4.18 Å². The predicted octanol–water partition coefficient (Wildman–Crippen LogP) is -0.343. The average Bonchev–Trinajstić information content (AvgIpc) is 2.14. The van der Waals surface area contributed by atoms with Crippen LogP contribution in [0.4, 0.5) is 0 Å². The van der Waals surface area contributed by atoms with E-state index in [9.17, 15) is 8.42 Å². The molecule has 0 aromatic heterocycles. The first-order chi connectivity index (χ1) is 7.35. The molecule has 16 heavy (non-hydrogen) atoms. The Balaban J connectivity index is 0. The molecule has 0 amide bonds. The minimum atomic E-state index is -3.29. The summed E-state index contributed by atoms with van der Waals surface area (Å²) in [6, 6.07) is 0. The number of unbranched alkanes of at least 4 members (excludes halogenated alkanes) is 2. The third kappa shape index (κ3) is 19.2. The van der Waals surface area contributed by atoms with Crippen LogP contribution in [0.15, 0.2) is 12.7 Å². The predicted molar refractivity (Wildman–Crippen MR) is 61.9 cm³/mol. The van der Waals surface area contributed by atoms with Crippen LogP contribution in [0.2, 0.25) is 0 Å². The lowest BCUT2D eigenvalue weighted by Crippen LogP contribution is -2.10. The summed E-state index contributed by atoms with van der Waals surface area (Å²) in [5, 5.41) is 21.5. The van der Waals surface area contributed by atoms with Gasteiger partial charge in [-0.05, 0) is 6.42 Å². The van der Waals surface area contributed by atoms with Crippen molar-refractivity contribution in [2.45, 2.75) is 26.2 Å². The highest BCUT2D eigenvalue weighted by Crippen LogP contribution is 2.01. The molecule has 0 aromatic carbocycles. The van der Waals surface area contributed by atoms with Crippen LogP contribution in [0.25, 0.3) is 0 Å². The van der Waals surface area contributed by atoms with Gasteiger partial charge in [0, 0.05) is 0 Å². The second-order valence-electron chi connectivity index (χ2n) is 2.89. The first kappa shape index (κ1) is 18.0. The van der Waals surface area contributed by atoms with Crippen molar-refractivity contribution in [2.24, 2.45) is 0 Å². The third-order valence-corrected chi connectivity index (χ3v) is 2.65. The molecule has 8 heteroatoms. The molecule has 0 atom stereocenters. The Bertz CT molecular complexity index is 248. The zero-order valence-electron chi connectivity index (χ0n) is 9.37. The molecule has 0 fully saturated rings. The molecule has 0 aliphatic heterocycles. The summed E-state index contributed by atoms with van der Waals surface area (Å²) >= 11 is 0. The Labute approximate surface area is 96.9 Å². The largest absolute Gasteiger partial charge is 0.631 e. The van der Waals surface area contributed by atoms with Crippen LogP contribution >= 0.6 is 0 Å². The van der Waals surface area contributed by atoms with Gasteiger partial charge in [0.2, 0.25) is 0 Å². The van der Waals surface area contributed by atoms with Gasteiger partial charge in [0.25, 0.3) is 10.1 Å². The maximum Gasteiger partial charge on any atom is 0.631 e. The smallest absolute Gasteiger partial charge is 0.402 e. The first-order valence-corrected chi connectivity index (χ1v) is 6.45. The van der Waals surface area contributed by atoms with Crippen molar-refractivity contribution in [2.75, 3.05) is 12.4 Å². The van der Waals surface area contributed by atoms with Crippen LogP contribution < -0.4 is 0 Å². The van der Waals surface area contributed by atoms with Gasteiger partial charge in [0.1, 0.15) is 0 Å². The molecule has 96 valence electrons. The summed E-state index contributed by atoms with van der Waals surface area (Å²) in [5.41, 5.74) is 0. The molecule has 0 saturated heterocycles. The highest BCUT2D eigenvalue weighted by Gasteiger charge is 2.08. The topological polar surface area (TPSA) is 104 Å². The van der Waals surface area contributed by atoms with Crippen molar-refractivity contribution in [1.82, 2.24) is 0 Å². The SMILES string of the molecule is C=CCOS(=O)(=O)CCCCC.OB(O)O. The van der Waals surface area contributed by atoms with E-state index in [1.165, 1.54) is 6.08 Å². The van der Waals surface area contributed by atoms with E-state index in [1.807, 2.05) is 6.92 Å². The molecule has 0 rings (SSSR count). The Morgan fingerprint density at radius 1 is 1.31 bits per heavy atom. The van der Waals surface area contributed by atoms with Gasteiger partial charge in [-0.2, -0.15) is 8.42 Å². The normalized spacial score (nSPS) is 10.2. The van der Waals surface area contributed by atoms with Crippen molar-refractivity contribution in [3.8, 4) is 0 Å². The van der Waals surface area contributed by atoms with Gasteiger partial charge in [0.05, 0.1) is 12.4 Å². The lowest BCUT2D eigenvalue weighted by molar-refractivity contribution is 0.278. The minimum Gasteiger partial charge on any atom is -0.402 e. The van der Waals surface area contributed by atoms with E-state index >= 15 is 0 Å². The molecule has 0 unspecified atom stereocenters. The molecule has 0 radical (unpaired) electrons. The maximum atomic E-state index is 11.0. The molecule has 0 aliphatic rings. The molecule has 0 aliphatic carbocycles. The fraction of sp³-hybridized carbons (Fsp3) is 0.750. The van der Waals surface area contributed by atoms with Gasteiger partial charge in [-0.15, -0.1) is 6.58 Å². The summed E-state index contributed by atoms with van der Waals surface area (Å²) in [5.74, 6) is 0.120. The number of hydrogen-bond donors (Lipinski definition) is 3. The number of rotatable bonds is 7. The molecule has 0 heterocycles. The second kappa shape index (κ2) is 11.1. The van der Waals surface area contributed by atoms with E-state index in [0.29, 0.717) is 6.42 Å². The molecule has 3 N–H and O–H groups in total. The summed E-state index contributed by atoms with van der Waals surface area (Å²) in [4.78, 5) is 0. The first-order valence-electron chi connectivity index (χ1n) is 4.88. The lowest BCUT2D eigenvalue weighted by atomic mass is 10.3. The van der Waals surface area contributed by atoms with E-state index in [2.05, 4.69) is 10.8 Å². The van der Waals surface area contributed by atoms with Crippen LogP contribution in [-0.4, -0.2) is 43.2 Å². The zero-order chi connectivity index (χ0) is 13.0. The molecule has 0 spiro atoms. The molecule has 6 nitrogen and oxygen atoms in total. The molecule has 0 saturated carbocycles. The van der Waals surface area contributed by atoms with Gasteiger partial charge >= 0.3 is 7.32 Å². The number of hydrogen-bond acceptors (Lipinski definition) is 6. The molecular formula is C8H19BO6S. The van der Waals surface area contributed by atoms with Crippen LogP contribution in [0.3, 0.4) is 0 Å². The highest BCUT2D eigenvalue weighted by molar-refractivity contribution is 7.86. The Hall–Kier alpha value is -0.405. The van der Waals surface area contributed by atoms with Crippen molar-refractivity contribution in [3.63, 3.8) is 0 Å². The quantitative estimate of drug-likeness (QED) is 0.248. The molecule has 0 bridgehead atoms. The van der Waals surface area contributed by atoms with E-state index in [-0.39, 0.29) is 12.4 Å². The molecular weight excluding hydrogens is 235 g/mol. The fourth-order valence-corrected chi connectivity index (χ4v) is 1.72. The van der Waals surface area contributed by atoms with Crippen LogP contribution in [0.1, 0.15) is 26.2 Å². The van der Waals surface area contributed by atoms with Gasteiger partial charge in [0.15, 0.2) is 0 Å². The Kier molecular flexibility index (Phi) is 12.5.